The van der Waals surface area contributed by atoms with E-state index in [0.717, 1.165) is 11.1 Å². The fourth-order valence-electron chi connectivity index (χ4n) is 4.52. The van der Waals surface area contributed by atoms with Crippen LogP contribution in [0.2, 0.25) is 5.02 Å². The number of carbonyl (C=O) groups excluding carboxylic acids is 2. The molecule has 1 aliphatic carbocycles. The largest absolute Gasteiger partial charge is 0.497 e. The minimum atomic E-state index is -0.993. The maximum Gasteiger partial charge on any atom is 0.319 e. The van der Waals surface area contributed by atoms with Crippen molar-refractivity contribution in [3.63, 3.8) is 0 Å². The smallest absolute Gasteiger partial charge is 0.319 e. The average molecular weight is 386 g/mol. The highest BCUT2D eigenvalue weighted by molar-refractivity contribution is 6.30. The number of esters is 1. The van der Waals surface area contributed by atoms with Gasteiger partial charge in [0.05, 0.1) is 19.8 Å². The van der Waals surface area contributed by atoms with Crippen molar-refractivity contribution in [1.82, 2.24) is 4.90 Å². The molecule has 0 radical (unpaired) electrons. The number of fused-ring (bicyclic) bond motifs is 5. The average Bonchev–Trinajstić information content (AvgIpc) is 3.01. The van der Waals surface area contributed by atoms with Gasteiger partial charge in [0, 0.05) is 17.6 Å². The van der Waals surface area contributed by atoms with Crippen molar-refractivity contribution in [2.45, 2.75) is 24.8 Å². The Kier molecular flexibility index (Phi) is 4.15. The van der Waals surface area contributed by atoms with E-state index in [1.165, 1.54) is 0 Å². The van der Waals surface area contributed by atoms with Crippen molar-refractivity contribution in [2.75, 3.05) is 20.8 Å². The Morgan fingerprint density at radius 2 is 2.07 bits per heavy atom. The van der Waals surface area contributed by atoms with Gasteiger partial charge in [-0.1, -0.05) is 23.7 Å². The summed E-state index contributed by atoms with van der Waals surface area (Å²) < 4.78 is 10.8. The number of carbonyl (C=O) groups is 2. The van der Waals surface area contributed by atoms with Gasteiger partial charge >= 0.3 is 5.97 Å². The summed E-state index contributed by atoms with van der Waals surface area (Å²) in [4.78, 5) is 28.1. The van der Waals surface area contributed by atoms with E-state index in [1.54, 1.807) is 44.2 Å². The van der Waals surface area contributed by atoms with E-state index < -0.39 is 11.5 Å². The molecule has 0 saturated heterocycles. The summed E-state index contributed by atoms with van der Waals surface area (Å²) in [5.41, 5.74) is 2.06. The first-order chi connectivity index (χ1) is 12.9. The Balaban J connectivity index is 2.01. The van der Waals surface area contributed by atoms with Crippen LogP contribution in [0.3, 0.4) is 0 Å². The first-order valence-corrected chi connectivity index (χ1v) is 9.23. The molecule has 6 heteroatoms. The van der Waals surface area contributed by atoms with Gasteiger partial charge in [0.25, 0.3) is 5.91 Å². The van der Waals surface area contributed by atoms with Crippen molar-refractivity contribution in [3.8, 4) is 5.75 Å². The second-order valence-electron chi connectivity index (χ2n) is 6.94. The molecule has 27 heavy (non-hydrogen) atoms. The summed E-state index contributed by atoms with van der Waals surface area (Å²) in [5, 5.41) is 0.607. The minimum absolute atomic E-state index is 0.142. The molecule has 140 valence electrons. The van der Waals surface area contributed by atoms with Crippen molar-refractivity contribution in [1.29, 1.82) is 0 Å². The molecular formula is C21H20ClNO4. The maximum absolute atomic E-state index is 13.3. The molecule has 5 nitrogen and oxygen atoms in total. The first kappa shape index (κ1) is 17.9. The van der Waals surface area contributed by atoms with Crippen LogP contribution in [0, 0.1) is 0 Å². The molecule has 1 amide bonds. The lowest BCUT2D eigenvalue weighted by molar-refractivity contribution is -0.152. The zero-order valence-electron chi connectivity index (χ0n) is 15.4. The molecule has 0 saturated carbocycles. The highest BCUT2D eigenvalue weighted by Crippen LogP contribution is 2.55. The van der Waals surface area contributed by atoms with Crippen molar-refractivity contribution >= 4 is 23.5 Å². The van der Waals surface area contributed by atoms with E-state index in [0.29, 0.717) is 28.3 Å². The van der Waals surface area contributed by atoms with Gasteiger partial charge in [-0.15, -0.1) is 0 Å². The number of ether oxygens (including phenoxy) is 2. The summed E-state index contributed by atoms with van der Waals surface area (Å²) in [6, 6.07) is 10.4. The molecule has 2 aromatic carbocycles. The highest BCUT2D eigenvalue weighted by Gasteiger charge is 2.60. The Bertz CT molecular complexity index is 957. The van der Waals surface area contributed by atoms with Gasteiger partial charge in [0.2, 0.25) is 0 Å². The number of likely N-dealkylation sites (N-methyl/N-ethyl adjacent to an activating group) is 1. The summed E-state index contributed by atoms with van der Waals surface area (Å²) in [6.45, 7) is 2.06. The monoisotopic (exact) mass is 385 g/mol. The third kappa shape index (κ3) is 2.38. The lowest BCUT2D eigenvalue weighted by Gasteiger charge is -2.44. The lowest BCUT2D eigenvalue weighted by Crippen LogP contribution is -2.53. The van der Waals surface area contributed by atoms with Crippen LogP contribution >= 0.6 is 11.6 Å². The van der Waals surface area contributed by atoms with Crippen LogP contribution in [0.4, 0.5) is 0 Å². The Hall–Kier alpha value is -2.53. The van der Waals surface area contributed by atoms with E-state index in [4.69, 9.17) is 21.1 Å². The van der Waals surface area contributed by atoms with Crippen LogP contribution in [0.15, 0.2) is 36.4 Å². The minimum Gasteiger partial charge on any atom is -0.497 e. The number of hydrogen-bond acceptors (Lipinski definition) is 4. The predicted octanol–water partition coefficient (Wildman–Crippen LogP) is 3.53. The molecule has 0 spiro atoms. The van der Waals surface area contributed by atoms with Gasteiger partial charge < -0.3 is 14.4 Å². The molecule has 0 unspecified atom stereocenters. The standard InChI is InChI=1S/C21H20ClNO4/c1-4-27-20(25)21-11-12-9-13(22)5-7-15(12)18(21)23(2)19(24)16-10-14(26-3)6-8-17(16)21/h5-10,18H,4,11H2,1-3H3/t18-,21+/m1/s1. The molecule has 1 heterocycles. The Labute approximate surface area is 162 Å². The lowest BCUT2D eigenvalue weighted by atomic mass is 9.69. The second kappa shape index (κ2) is 6.27. The van der Waals surface area contributed by atoms with E-state index in [-0.39, 0.29) is 18.5 Å². The number of halogens is 1. The number of rotatable bonds is 3. The summed E-state index contributed by atoms with van der Waals surface area (Å²) in [7, 11) is 3.28. The Morgan fingerprint density at radius 1 is 1.30 bits per heavy atom. The van der Waals surface area contributed by atoms with Crippen LogP contribution in [0.5, 0.6) is 5.75 Å². The van der Waals surface area contributed by atoms with E-state index in [9.17, 15) is 9.59 Å². The molecule has 0 aromatic heterocycles. The molecule has 2 atom stereocenters. The van der Waals surface area contributed by atoms with Gasteiger partial charge in [-0.25, -0.2) is 0 Å². The van der Waals surface area contributed by atoms with Gasteiger partial charge in [0.15, 0.2) is 0 Å². The predicted molar refractivity (Wildman–Crippen MR) is 101 cm³/mol. The molecule has 4 rings (SSSR count). The van der Waals surface area contributed by atoms with Gasteiger partial charge in [-0.2, -0.15) is 0 Å². The summed E-state index contributed by atoms with van der Waals surface area (Å²) in [6.07, 6.45) is 0.434. The molecular weight excluding hydrogens is 366 g/mol. The van der Waals surface area contributed by atoms with Crippen LogP contribution in [0.25, 0.3) is 0 Å². The van der Waals surface area contributed by atoms with Crippen molar-refractivity contribution < 1.29 is 19.1 Å². The van der Waals surface area contributed by atoms with Crippen molar-refractivity contribution in [3.05, 3.63) is 63.7 Å². The van der Waals surface area contributed by atoms with E-state index in [1.807, 2.05) is 18.2 Å². The summed E-state index contributed by atoms with van der Waals surface area (Å²) in [5.74, 6) is 0.108. The van der Waals surface area contributed by atoms with Crippen LogP contribution in [-0.4, -0.2) is 37.5 Å². The van der Waals surface area contributed by atoms with Crippen LogP contribution in [0.1, 0.15) is 40.0 Å². The number of hydrogen-bond donors (Lipinski definition) is 0. The molecule has 1 aliphatic heterocycles. The quantitative estimate of drug-likeness (QED) is 0.758. The second-order valence-corrected chi connectivity index (χ2v) is 7.38. The molecule has 0 N–H and O–H groups in total. The third-order valence-corrected chi connectivity index (χ3v) is 5.86. The van der Waals surface area contributed by atoms with Gasteiger partial charge in [-0.3, -0.25) is 9.59 Å². The number of nitrogens with zero attached hydrogens (tertiary/aromatic N) is 1. The van der Waals surface area contributed by atoms with Crippen LogP contribution in [-0.2, 0) is 21.4 Å². The zero-order chi connectivity index (χ0) is 19.3. The fraction of sp³-hybridized carbons (Fsp3) is 0.333. The van der Waals surface area contributed by atoms with Crippen LogP contribution < -0.4 is 4.74 Å². The van der Waals surface area contributed by atoms with E-state index >= 15 is 0 Å². The number of methoxy groups -OCH3 is 1. The maximum atomic E-state index is 13.3. The zero-order valence-corrected chi connectivity index (χ0v) is 16.2. The Morgan fingerprint density at radius 3 is 2.78 bits per heavy atom. The van der Waals surface area contributed by atoms with Gasteiger partial charge in [-0.05, 0) is 54.3 Å². The SMILES string of the molecule is CCOC(=O)[C@]12Cc3cc(Cl)ccc3[C@H]1N(C)C(=O)c1cc(OC)ccc12. The van der Waals surface area contributed by atoms with E-state index in [2.05, 4.69) is 0 Å². The third-order valence-electron chi connectivity index (χ3n) is 5.62. The first-order valence-electron chi connectivity index (χ1n) is 8.85. The normalized spacial score (nSPS) is 22.7. The highest BCUT2D eigenvalue weighted by atomic mass is 35.5. The molecule has 2 aliphatic rings. The topological polar surface area (TPSA) is 55.8 Å². The molecule has 0 fully saturated rings. The fourth-order valence-corrected chi connectivity index (χ4v) is 4.71. The summed E-state index contributed by atoms with van der Waals surface area (Å²) >= 11 is 6.20. The molecule has 0 bridgehead atoms. The van der Waals surface area contributed by atoms with Gasteiger partial charge in [0.1, 0.15) is 11.2 Å². The van der Waals surface area contributed by atoms with Crippen molar-refractivity contribution in [2.24, 2.45) is 0 Å². The number of benzene rings is 2. The number of amides is 1. The molecule has 2 aromatic rings.